The predicted molar refractivity (Wildman–Crippen MR) is 144 cm³/mol. The van der Waals surface area contributed by atoms with Crippen molar-refractivity contribution < 1.29 is 26.4 Å². The lowest BCUT2D eigenvalue weighted by Gasteiger charge is -2.35. The molecule has 0 radical (unpaired) electrons. The van der Waals surface area contributed by atoms with E-state index in [0.717, 1.165) is 49.9 Å². The molecule has 0 bridgehead atoms. The van der Waals surface area contributed by atoms with Crippen LogP contribution < -0.4 is 10.6 Å². The molecule has 0 spiro atoms. The average molecular weight is 566 g/mol. The Balaban J connectivity index is 1.46. The molecule has 1 amide bonds. The molecule has 2 aliphatic rings. The number of hydrogen-bond acceptors (Lipinski definition) is 4. The fourth-order valence-electron chi connectivity index (χ4n) is 5.42. The molecule has 39 heavy (non-hydrogen) atoms. The molecule has 2 aromatic carbocycles. The van der Waals surface area contributed by atoms with Crippen molar-refractivity contribution in [2.45, 2.75) is 101 Å². The lowest BCUT2D eigenvalue weighted by atomic mass is 9.86. The number of aryl methyl sites for hydroxylation is 1. The van der Waals surface area contributed by atoms with Crippen molar-refractivity contribution in [2.24, 2.45) is 0 Å². The molecule has 1 heterocycles. The van der Waals surface area contributed by atoms with Crippen LogP contribution in [0.15, 0.2) is 47.4 Å². The van der Waals surface area contributed by atoms with Gasteiger partial charge in [0.05, 0.1) is 16.5 Å². The van der Waals surface area contributed by atoms with Gasteiger partial charge in [0.1, 0.15) is 0 Å². The minimum atomic E-state index is -4.65. The fraction of sp³-hybridized carbons (Fsp3) is 0.552. The molecule has 10 heteroatoms. The van der Waals surface area contributed by atoms with Gasteiger partial charge in [0.2, 0.25) is 15.9 Å². The number of fused-ring (bicyclic) bond motifs is 1. The molecule has 1 saturated heterocycles. The monoisotopic (exact) mass is 565 g/mol. The van der Waals surface area contributed by atoms with Gasteiger partial charge in [-0.3, -0.25) is 4.79 Å². The van der Waals surface area contributed by atoms with Crippen LogP contribution in [0.25, 0.3) is 0 Å². The first kappa shape index (κ1) is 29.6. The van der Waals surface area contributed by atoms with E-state index in [2.05, 4.69) is 49.6 Å². The van der Waals surface area contributed by atoms with Gasteiger partial charge in [-0.2, -0.15) is 17.5 Å². The smallest absolute Gasteiger partial charge is 0.349 e. The summed E-state index contributed by atoms with van der Waals surface area (Å²) in [6.07, 6.45) is -0.163. The second-order valence-electron chi connectivity index (χ2n) is 11.6. The number of nitrogens with one attached hydrogen (secondary N) is 2. The van der Waals surface area contributed by atoms with Gasteiger partial charge in [0.15, 0.2) is 0 Å². The molecular formula is C29H38F3N3O3S. The highest BCUT2D eigenvalue weighted by molar-refractivity contribution is 7.89. The highest BCUT2D eigenvalue weighted by Crippen LogP contribution is 2.34. The number of benzene rings is 2. The summed E-state index contributed by atoms with van der Waals surface area (Å²) in [5, 5.41) is 6.61. The minimum absolute atomic E-state index is 0.00796. The Labute approximate surface area is 229 Å². The lowest BCUT2D eigenvalue weighted by molar-refractivity contribution is -0.137. The van der Waals surface area contributed by atoms with Gasteiger partial charge in [-0.15, -0.1) is 0 Å². The van der Waals surface area contributed by atoms with E-state index in [9.17, 15) is 26.4 Å². The molecule has 214 valence electrons. The normalized spacial score (nSPS) is 20.9. The number of hydrogen-bond donors (Lipinski definition) is 2. The minimum Gasteiger partial charge on any atom is -0.349 e. The van der Waals surface area contributed by atoms with E-state index in [0.29, 0.717) is 18.9 Å². The van der Waals surface area contributed by atoms with Gasteiger partial charge in [-0.25, -0.2) is 8.42 Å². The van der Waals surface area contributed by atoms with E-state index in [1.807, 2.05) is 0 Å². The van der Waals surface area contributed by atoms with E-state index >= 15 is 0 Å². The van der Waals surface area contributed by atoms with Crippen molar-refractivity contribution >= 4 is 15.9 Å². The van der Waals surface area contributed by atoms with E-state index in [1.54, 1.807) is 0 Å². The number of rotatable bonds is 7. The predicted octanol–water partition coefficient (Wildman–Crippen LogP) is 5.72. The van der Waals surface area contributed by atoms with Crippen LogP contribution in [0, 0.1) is 0 Å². The Hall–Kier alpha value is -2.43. The van der Waals surface area contributed by atoms with Crippen LogP contribution in [0.3, 0.4) is 0 Å². The van der Waals surface area contributed by atoms with Crippen molar-refractivity contribution in [2.75, 3.05) is 6.54 Å². The zero-order chi connectivity index (χ0) is 28.4. The molecular weight excluding hydrogens is 527 g/mol. The summed E-state index contributed by atoms with van der Waals surface area (Å²) in [5.41, 5.74) is 2.49. The fourth-order valence-corrected chi connectivity index (χ4v) is 7.16. The number of carbonyl (C=O) groups excluding carboxylic acids is 1. The Morgan fingerprint density at radius 2 is 1.79 bits per heavy atom. The molecule has 2 atom stereocenters. The van der Waals surface area contributed by atoms with Crippen molar-refractivity contribution in [3.05, 3.63) is 64.7 Å². The lowest BCUT2D eigenvalue weighted by Crippen LogP contribution is -2.46. The molecule has 1 fully saturated rings. The molecule has 4 rings (SSSR count). The summed E-state index contributed by atoms with van der Waals surface area (Å²) in [4.78, 5) is 12.8. The van der Waals surface area contributed by atoms with Crippen LogP contribution in [0.1, 0.15) is 87.6 Å². The highest BCUT2D eigenvalue weighted by Gasteiger charge is 2.37. The summed E-state index contributed by atoms with van der Waals surface area (Å²) < 4.78 is 67.6. The Morgan fingerprint density at radius 3 is 2.51 bits per heavy atom. The first-order valence-electron chi connectivity index (χ1n) is 13.6. The highest BCUT2D eigenvalue weighted by atomic mass is 32.2. The first-order chi connectivity index (χ1) is 18.2. The van der Waals surface area contributed by atoms with Gasteiger partial charge >= 0.3 is 6.18 Å². The van der Waals surface area contributed by atoms with Crippen LogP contribution in [0.5, 0.6) is 0 Å². The number of nitrogens with zero attached hydrogens (tertiary/aromatic N) is 1. The average Bonchev–Trinajstić information content (AvgIpc) is 2.87. The van der Waals surface area contributed by atoms with Crippen LogP contribution in [-0.4, -0.2) is 36.8 Å². The first-order valence-corrected chi connectivity index (χ1v) is 15.0. The molecule has 2 unspecified atom stereocenters. The van der Waals surface area contributed by atoms with Gasteiger partial charge < -0.3 is 10.6 Å². The molecule has 2 aromatic rings. The SMILES string of the molecule is CC(C)(C)NCc1ccc2c(c1)CCCC2NC(=O)CC1CCCCN1S(=O)(=O)c1cccc(C(F)(F)F)c1. The Bertz CT molecular complexity index is 1290. The molecule has 1 aliphatic heterocycles. The van der Waals surface area contributed by atoms with Gasteiger partial charge in [0.25, 0.3) is 0 Å². The Morgan fingerprint density at radius 1 is 1.03 bits per heavy atom. The van der Waals surface area contributed by atoms with Crippen molar-refractivity contribution in [1.29, 1.82) is 0 Å². The summed E-state index contributed by atoms with van der Waals surface area (Å²) in [5.74, 6) is -0.248. The van der Waals surface area contributed by atoms with E-state index in [4.69, 9.17) is 0 Å². The van der Waals surface area contributed by atoms with E-state index < -0.39 is 32.7 Å². The molecule has 0 saturated carbocycles. The zero-order valence-electron chi connectivity index (χ0n) is 22.8. The third kappa shape index (κ3) is 7.41. The second kappa shape index (κ2) is 11.6. The summed E-state index contributed by atoms with van der Waals surface area (Å²) >= 11 is 0. The summed E-state index contributed by atoms with van der Waals surface area (Å²) in [6, 6.07) is 9.40. The standard InChI is InChI=1S/C29H38F3N3O3S/c1-28(2,3)33-19-20-13-14-25-21(16-20)8-6-12-26(25)34-27(36)18-23-10-4-5-15-35(23)39(37,38)24-11-7-9-22(17-24)29(30,31)32/h7,9,11,13-14,16-17,23,26,33H,4-6,8,10,12,15,18-19H2,1-3H3,(H,34,36). The number of amides is 1. The number of carbonyl (C=O) groups is 1. The van der Waals surface area contributed by atoms with E-state index in [-0.39, 0.29) is 30.5 Å². The molecule has 0 aromatic heterocycles. The number of piperidine rings is 1. The molecule has 6 nitrogen and oxygen atoms in total. The van der Waals surface area contributed by atoms with E-state index in [1.165, 1.54) is 21.5 Å². The second-order valence-corrected chi connectivity index (χ2v) is 13.5. The number of alkyl halides is 3. The van der Waals surface area contributed by atoms with Crippen molar-refractivity contribution in [3.63, 3.8) is 0 Å². The zero-order valence-corrected chi connectivity index (χ0v) is 23.6. The number of sulfonamides is 1. The largest absolute Gasteiger partial charge is 0.416 e. The van der Waals surface area contributed by atoms with Crippen molar-refractivity contribution in [1.82, 2.24) is 14.9 Å². The summed E-state index contributed by atoms with van der Waals surface area (Å²) in [7, 11) is -4.19. The summed E-state index contributed by atoms with van der Waals surface area (Å²) in [6.45, 7) is 7.29. The van der Waals surface area contributed by atoms with Crippen LogP contribution >= 0.6 is 0 Å². The van der Waals surface area contributed by atoms with Gasteiger partial charge in [-0.1, -0.05) is 30.7 Å². The van der Waals surface area contributed by atoms with Gasteiger partial charge in [0, 0.05) is 31.1 Å². The molecule has 2 N–H and O–H groups in total. The maximum atomic E-state index is 13.4. The van der Waals surface area contributed by atoms with Crippen LogP contribution in [-0.2, 0) is 34.0 Å². The number of halogens is 3. The third-order valence-corrected chi connectivity index (χ3v) is 9.39. The van der Waals surface area contributed by atoms with Crippen LogP contribution in [0.2, 0.25) is 0 Å². The van der Waals surface area contributed by atoms with Crippen LogP contribution in [0.4, 0.5) is 13.2 Å². The van der Waals surface area contributed by atoms with Crippen molar-refractivity contribution in [3.8, 4) is 0 Å². The van der Waals surface area contributed by atoms with Gasteiger partial charge in [-0.05, 0) is 87.8 Å². The third-order valence-electron chi connectivity index (χ3n) is 7.44. The quantitative estimate of drug-likeness (QED) is 0.450. The maximum absolute atomic E-state index is 13.4. The molecule has 1 aliphatic carbocycles. The Kier molecular flexibility index (Phi) is 8.78. The maximum Gasteiger partial charge on any atom is 0.416 e. The topological polar surface area (TPSA) is 78.5 Å².